The van der Waals surface area contributed by atoms with Gasteiger partial charge in [0.1, 0.15) is 0 Å². The second-order valence-electron chi connectivity index (χ2n) is 4.55. The number of hydrogen-bond donors (Lipinski definition) is 1. The topological polar surface area (TPSA) is 32.3 Å². The van der Waals surface area contributed by atoms with Crippen LogP contribution in [-0.2, 0) is 0 Å². The Labute approximate surface area is 103 Å². The number of rotatable bonds is 3. The van der Waals surface area contributed by atoms with E-state index >= 15 is 0 Å². The second-order valence-corrected chi connectivity index (χ2v) is 4.55. The van der Waals surface area contributed by atoms with Crippen LogP contribution in [0.25, 0.3) is 0 Å². The Morgan fingerprint density at radius 3 is 2.65 bits per heavy atom. The van der Waals surface area contributed by atoms with Crippen molar-refractivity contribution < 1.29 is 4.79 Å². The average molecular weight is 232 g/mol. The third-order valence-electron chi connectivity index (χ3n) is 3.24. The molecule has 1 amide bonds. The monoisotopic (exact) mass is 232 g/mol. The Balaban J connectivity index is 2.19. The summed E-state index contributed by atoms with van der Waals surface area (Å²) in [5, 5.41) is 2.83. The van der Waals surface area contributed by atoms with E-state index in [-0.39, 0.29) is 5.91 Å². The maximum absolute atomic E-state index is 11.7. The molecule has 92 valence electrons. The molecule has 1 heterocycles. The van der Waals surface area contributed by atoms with E-state index in [1.165, 1.54) is 24.1 Å². The first-order valence-electron chi connectivity index (χ1n) is 6.36. The Morgan fingerprint density at radius 2 is 2.06 bits per heavy atom. The van der Waals surface area contributed by atoms with E-state index in [9.17, 15) is 4.79 Å². The number of carbonyl (C=O) groups is 1. The third-order valence-corrected chi connectivity index (χ3v) is 3.24. The van der Waals surface area contributed by atoms with Gasteiger partial charge >= 0.3 is 0 Å². The summed E-state index contributed by atoms with van der Waals surface area (Å²) in [4.78, 5) is 14.1. The van der Waals surface area contributed by atoms with Gasteiger partial charge in [-0.15, -0.1) is 0 Å². The van der Waals surface area contributed by atoms with Crippen LogP contribution in [0.15, 0.2) is 18.2 Å². The molecule has 2 rings (SSSR count). The molecule has 0 spiro atoms. The summed E-state index contributed by atoms with van der Waals surface area (Å²) < 4.78 is 0. The molecule has 17 heavy (non-hydrogen) atoms. The molecule has 0 unspecified atom stereocenters. The molecule has 1 aromatic rings. The van der Waals surface area contributed by atoms with Gasteiger partial charge in [-0.3, -0.25) is 4.79 Å². The molecule has 1 N–H and O–H groups in total. The summed E-state index contributed by atoms with van der Waals surface area (Å²) >= 11 is 0. The minimum atomic E-state index is 0.0172. The van der Waals surface area contributed by atoms with Crippen molar-refractivity contribution in [3.63, 3.8) is 0 Å². The lowest BCUT2D eigenvalue weighted by molar-refractivity contribution is 0.0956. The van der Waals surface area contributed by atoms with Crippen molar-refractivity contribution in [2.45, 2.75) is 26.7 Å². The molecule has 0 bridgehead atoms. The van der Waals surface area contributed by atoms with Gasteiger partial charge in [-0.25, -0.2) is 0 Å². The van der Waals surface area contributed by atoms with Crippen molar-refractivity contribution >= 4 is 11.6 Å². The Hall–Kier alpha value is -1.51. The third kappa shape index (κ3) is 2.60. The summed E-state index contributed by atoms with van der Waals surface area (Å²) in [5.74, 6) is 0.0172. The van der Waals surface area contributed by atoms with Crippen LogP contribution in [0.2, 0.25) is 0 Å². The molecule has 0 saturated carbocycles. The van der Waals surface area contributed by atoms with Crippen LogP contribution in [-0.4, -0.2) is 25.5 Å². The number of anilines is 1. The highest BCUT2D eigenvalue weighted by molar-refractivity contribution is 5.94. The molecular formula is C14H20N2O. The smallest absolute Gasteiger partial charge is 0.251 e. The lowest BCUT2D eigenvalue weighted by Crippen LogP contribution is -2.23. The average Bonchev–Trinajstić information content (AvgIpc) is 2.82. The minimum absolute atomic E-state index is 0.0172. The highest BCUT2D eigenvalue weighted by Gasteiger charge is 2.15. The predicted molar refractivity (Wildman–Crippen MR) is 70.6 cm³/mol. The van der Waals surface area contributed by atoms with Crippen LogP contribution in [0.5, 0.6) is 0 Å². The van der Waals surface area contributed by atoms with Crippen LogP contribution in [0, 0.1) is 6.92 Å². The van der Waals surface area contributed by atoms with Crippen LogP contribution >= 0.6 is 0 Å². The maximum Gasteiger partial charge on any atom is 0.251 e. The Morgan fingerprint density at radius 1 is 1.35 bits per heavy atom. The molecule has 1 aliphatic rings. The van der Waals surface area contributed by atoms with Crippen LogP contribution in [0.3, 0.4) is 0 Å². The summed E-state index contributed by atoms with van der Waals surface area (Å²) in [5.41, 5.74) is 3.22. The minimum Gasteiger partial charge on any atom is -0.371 e. The van der Waals surface area contributed by atoms with Crippen LogP contribution < -0.4 is 10.2 Å². The molecule has 1 aromatic carbocycles. The maximum atomic E-state index is 11.7. The molecule has 1 fully saturated rings. The van der Waals surface area contributed by atoms with E-state index in [1.54, 1.807) is 0 Å². The van der Waals surface area contributed by atoms with Gasteiger partial charge < -0.3 is 10.2 Å². The largest absolute Gasteiger partial charge is 0.371 e. The lowest BCUT2D eigenvalue weighted by atomic mass is 10.1. The van der Waals surface area contributed by atoms with Gasteiger partial charge in [0.25, 0.3) is 5.91 Å². The summed E-state index contributed by atoms with van der Waals surface area (Å²) in [6.07, 6.45) is 2.55. The van der Waals surface area contributed by atoms with Crippen LogP contribution in [0.4, 0.5) is 5.69 Å². The van der Waals surface area contributed by atoms with Gasteiger partial charge in [0, 0.05) is 30.9 Å². The van der Waals surface area contributed by atoms with Gasteiger partial charge in [-0.05, 0) is 50.5 Å². The quantitative estimate of drug-likeness (QED) is 0.867. The van der Waals surface area contributed by atoms with E-state index in [0.29, 0.717) is 6.54 Å². The highest BCUT2D eigenvalue weighted by atomic mass is 16.1. The zero-order valence-electron chi connectivity index (χ0n) is 10.6. The fourth-order valence-corrected chi connectivity index (χ4v) is 2.37. The summed E-state index contributed by atoms with van der Waals surface area (Å²) in [7, 11) is 0. The van der Waals surface area contributed by atoms with Crippen molar-refractivity contribution in [2.75, 3.05) is 24.5 Å². The van der Waals surface area contributed by atoms with E-state index in [0.717, 1.165) is 18.7 Å². The molecule has 1 aliphatic heterocycles. The van der Waals surface area contributed by atoms with Crippen molar-refractivity contribution in [3.8, 4) is 0 Å². The zero-order valence-corrected chi connectivity index (χ0v) is 10.6. The number of nitrogens with zero attached hydrogens (tertiary/aromatic N) is 1. The standard InChI is InChI=1S/C14H20N2O/c1-3-15-14(17)12-6-7-13(11(2)10-12)16-8-4-5-9-16/h6-7,10H,3-5,8-9H2,1-2H3,(H,15,17). The zero-order chi connectivity index (χ0) is 12.3. The van der Waals surface area contributed by atoms with Crippen molar-refractivity contribution in [1.29, 1.82) is 0 Å². The number of hydrogen-bond acceptors (Lipinski definition) is 2. The van der Waals surface area contributed by atoms with Crippen molar-refractivity contribution in [2.24, 2.45) is 0 Å². The number of nitrogens with one attached hydrogen (secondary N) is 1. The van der Waals surface area contributed by atoms with Gasteiger partial charge in [-0.1, -0.05) is 0 Å². The van der Waals surface area contributed by atoms with Crippen molar-refractivity contribution in [1.82, 2.24) is 5.32 Å². The molecule has 0 aliphatic carbocycles. The molecule has 0 atom stereocenters. The highest BCUT2D eigenvalue weighted by Crippen LogP contribution is 2.24. The number of carbonyl (C=O) groups excluding carboxylic acids is 1. The van der Waals surface area contributed by atoms with E-state index < -0.39 is 0 Å². The van der Waals surface area contributed by atoms with E-state index in [1.807, 2.05) is 19.1 Å². The number of aryl methyl sites for hydroxylation is 1. The second kappa shape index (κ2) is 5.21. The van der Waals surface area contributed by atoms with Gasteiger partial charge in [0.2, 0.25) is 0 Å². The van der Waals surface area contributed by atoms with E-state index in [2.05, 4.69) is 23.2 Å². The first-order valence-corrected chi connectivity index (χ1v) is 6.36. The SMILES string of the molecule is CCNC(=O)c1ccc(N2CCCC2)c(C)c1. The predicted octanol–water partition coefficient (Wildman–Crippen LogP) is 2.34. The Kier molecular flexibility index (Phi) is 3.67. The summed E-state index contributed by atoms with van der Waals surface area (Å²) in [6.45, 7) is 6.97. The molecule has 3 heteroatoms. The molecule has 0 aromatic heterocycles. The first-order chi connectivity index (χ1) is 8.22. The van der Waals surface area contributed by atoms with Crippen LogP contribution in [0.1, 0.15) is 35.7 Å². The molecular weight excluding hydrogens is 212 g/mol. The molecule has 3 nitrogen and oxygen atoms in total. The van der Waals surface area contributed by atoms with Gasteiger partial charge in [-0.2, -0.15) is 0 Å². The van der Waals surface area contributed by atoms with Crippen molar-refractivity contribution in [3.05, 3.63) is 29.3 Å². The van der Waals surface area contributed by atoms with Gasteiger partial charge in [0.15, 0.2) is 0 Å². The van der Waals surface area contributed by atoms with Gasteiger partial charge in [0.05, 0.1) is 0 Å². The summed E-state index contributed by atoms with van der Waals surface area (Å²) in [6, 6.07) is 5.98. The molecule has 1 saturated heterocycles. The Bertz CT molecular complexity index is 409. The fourth-order valence-electron chi connectivity index (χ4n) is 2.37. The normalized spacial score (nSPS) is 15.1. The lowest BCUT2D eigenvalue weighted by Gasteiger charge is -2.20. The van der Waals surface area contributed by atoms with E-state index in [4.69, 9.17) is 0 Å². The number of amides is 1. The fraction of sp³-hybridized carbons (Fsp3) is 0.500. The number of benzene rings is 1. The first kappa shape index (κ1) is 12.0. The molecule has 0 radical (unpaired) electrons.